The van der Waals surface area contributed by atoms with Gasteiger partial charge in [-0.2, -0.15) is 0 Å². The van der Waals surface area contributed by atoms with Crippen LogP contribution in [0, 0.1) is 5.92 Å². The van der Waals surface area contributed by atoms with Gasteiger partial charge in [-0.3, -0.25) is 0 Å². The number of nitrogens with one attached hydrogen (secondary N) is 1. The Balaban J connectivity index is 0.00000147. The molecule has 0 amide bonds. The third kappa shape index (κ3) is 3.73. The standard InChI is InChI=1S/C16H22N2S.ClH/c1-18(10-13-6-8-17-9-7-13)11-14-12-19-16-5-3-2-4-15(14)16;/h2-5,12-13,17H,6-11H2,1H3;1H. The molecule has 110 valence electrons. The van der Waals surface area contributed by atoms with Gasteiger partial charge in [0, 0.05) is 17.8 Å². The highest BCUT2D eigenvalue weighted by Gasteiger charge is 2.15. The van der Waals surface area contributed by atoms with Gasteiger partial charge >= 0.3 is 0 Å². The fraction of sp³-hybridized carbons (Fsp3) is 0.500. The molecule has 1 aliphatic rings. The van der Waals surface area contributed by atoms with Crippen molar-refractivity contribution in [1.82, 2.24) is 10.2 Å². The van der Waals surface area contributed by atoms with Gasteiger partial charge in [0.25, 0.3) is 0 Å². The number of piperidine rings is 1. The largest absolute Gasteiger partial charge is 0.317 e. The SMILES string of the molecule is CN(Cc1csc2ccccc12)CC1CCNCC1.Cl. The Bertz CT molecular complexity index is 534. The van der Waals surface area contributed by atoms with Crippen molar-refractivity contribution in [2.75, 3.05) is 26.7 Å². The molecule has 2 heterocycles. The molecule has 1 saturated heterocycles. The van der Waals surface area contributed by atoms with Gasteiger partial charge in [-0.05, 0) is 61.3 Å². The van der Waals surface area contributed by atoms with E-state index in [-0.39, 0.29) is 12.4 Å². The van der Waals surface area contributed by atoms with Crippen LogP contribution in [0.2, 0.25) is 0 Å². The molecule has 0 aliphatic carbocycles. The van der Waals surface area contributed by atoms with E-state index in [9.17, 15) is 0 Å². The normalized spacial score (nSPS) is 16.5. The average molecular weight is 311 g/mol. The quantitative estimate of drug-likeness (QED) is 0.925. The number of halogens is 1. The third-order valence-electron chi connectivity index (χ3n) is 4.03. The fourth-order valence-corrected chi connectivity index (χ4v) is 3.97. The highest BCUT2D eigenvalue weighted by atomic mass is 35.5. The van der Waals surface area contributed by atoms with Gasteiger partial charge in [0.05, 0.1) is 0 Å². The second-order valence-electron chi connectivity index (χ2n) is 5.65. The summed E-state index contributed by atoms with van der Waals surface area (Å²) in [7, 11) is 2.26. The van der Waals surface area contributed by atoms with E-state index in [4.69, 9.17) is 0 Å². The van der Waals surface area contributed by atoms with Crippen molar-refractivity contribution in [3.8, 4) is 0 Å². The Morgan fingerprint density at radius 3 is 2.80 bits per heavy atom. The average Bonchev–Trinajstić information content (AvgIpc) is 2.83. The van der Waals surface area contributed by atoms with Crippen LogP contribution in [0.15, 0.2) is 29.6 Å². The van der Waals surface area contributed by atoms with E-state index in [0.29, 0.717) is 0 Å². The molecule has 1 aromatic carbocycles. The van der Waals surface area contributed by atoms with Crippen molar-refractivity contribution >= 4 is 33.8 Å². The lowest BCUT2D eigenvalue weighted by atomic mass is 9.97. The van der Waals surface area contributed by atoms with Crippen LogP contribution in [0.4, 0.5) is 0 Å². The minimum atomic E-state index is 0. The van der Waals surface area contributed by atoms with Gasteiger partial charge < -0.3 is 10.2 Å². The van der Waals surface area contributed by atoms with Gasteiger partial charge in [-0.1, -0.05) is 18.2 Å². The summed E-state index contributed by atoms with van der Waals surface area (Å²) in [6, 6.07) is 8.74. The van der Waals surface area contributed by atoms with Gasteiger partial charge in [0.2, 0.25) is 0 Å². The summed E-state index contributed by atoms with van der Waals surface area (Å²) < 4.78 is 1.41. The topological polar surface area (TPSA) is 15.3 Å². The Morgan fingerprint density at radius 2 is 2.00 bits per heavy atom. The molecule has 0 bridgehead atoms. The fourth-order valence-electron chi connectivity index (χ4n) is 3.02. The summed E-state index contributed by atoms with van der Waals surface area (Å²) in [5.41, 5.74) is 1.48. The first-order valence-electron chi connectivity index (χ1n) is 7.17. The van der Waals surface area contributed by atoms with Crippen LogP contribution in [-0.2, 0) is 6.54 Å². The number of thiophene rings is 1. The van der Waals surface area contributed by atoms with E-state index in [1.54, 1.807) is 0 Å². The number of fused-ring (bicyclic) bond motifs is 1. The summed E-state index contributed by atoms with van der Waals surface area (Å²) in [4.78, 5) is 2.49. The highest BCUT2D eigenvalue weighted by molar-refractivity contribution is 7.17. The maximum Gasteiger partial charge on any atom is 0.0346 e. The summed E-state index contributed by atoms with van der Waals surface area (Å²) in [6.45, 7) is 4.69. The molecule has 2 aromatic rings. The first-order valence-corrected chi connectivity index (χ1v) is 8.05. The van der Waals surface area contributed by atoms with Crippen molar-refractivity contribution < 1.29 is 0 Å². The molecule has 4 heteroatoms. The van der Waals surface area contributed by atoms with E-state index >= 15 is 0 Å². The molecule has 0 spiro atoms. The lowest BCUT2D eigenvalue weighted by Crippen LogP contribution is -2.34. The number of nitrogens with zero attached hydrogens (tertiary/aromatic N) is 1. The van der Waals surface area contributed by atoms with E-state index in [1.165, 1.54) is 48.1 Å². The Morgan fingerprint density at radius 1 is 1.25 bits per heavy atom. The first kappa shape index (κ1) is 15.8. The monoisotopic (exact) mass is 310 g/mol. The minimum absolute atomic E-state index is 0. The summed E-state index contributed by atoms with van der Waals surface area (Å²) in [6.07, 6.45) is 2.66. The summed E-state index contributed by atoms with van der Waals surface area (Å²) >= 11 is 1.87. The predicted octanol–water partition coefficient (Wildman–Crippen LogP) is 3.75. The van der Waals surface area contributed by atoms with Crippen molar-refractivity contribution in [2.45, 2.75) is 19.4 Å². The Labute approximate surface area is 131 Å². The zero-order chi connectivity index (χ0) is 13.1. The molecule has 0 saturated carbocycles. The van der Waals surface area contributed by atoms with Gasteiger partial charge in [0.1, 0.15) is 0 Å². The molecule has 1 N–H and O–H groups in total. The summed E-state index contributed by atoms with van der Waals surface area (Å²) in [5, 5.41) is 7.20. The Hall–Kier alpha value is -0.610. The maximum atomic E-state index is 3.44. The van der Waals surface area contributed by atoms with Crippen LogP contribution in [0.3, 0.4) is 0 Å². The van der Waals surface area contributed by atoms with Crippen LogP contribution in [0.5, 0.6) is 0 Å². The van der Waals surface area contributed by atoms with Crippen molar-refractivity contribution in [3.63, 3.8) is 0 Å². The van der Waals surface area contributed by atoms with Crippen LogP contribution in [-0.4, -0.2) is 31.6 Å². The summed E-state index contributed by atoms with van der Waals surface area (Å²) in [5.74, 6) is 0.871. The molecule has 2 nitrogen and oxygen atoms in total. The molecule has 1 aliphatic heterocycles. The Kier molecular flexibility index (Phi) is 5.85. The maximum absolute atomic E-state index is 3.44. The molecule has 0 atom stereocenters. The predicted molar refractivity (Wildman–Crippen MR) is 91.0 cm³/mol. The van der Waals surface area contributed by atoms with E-state index in [1.807, 2.05) is 11.3 Å². The number of benzene rings is 1. The lowest BCUT2D eigenvalue weighted by Gasteiger charge is -2.27. The molecular weight excluding hydrogens is 288 g/mol. The zero-order valence-corrected chi connectivity index (χ0v) is 13.6. The van der Waals surface area contributed by atoms with Crippen molar-refractivity contribution in [3.05, 3.63) is 35.2 Å². The van der Waals surface area contributed by atoms with Crippen LogP contribution in [0.25, 0.3) is 10.1 Å². The lowest BCUT2D eigenvalue weighted by molar-refractivity contribution is 0.235. The van der Waals surface area contributed by atoms with Crippen molar-refractivity contribution in [1.29, 1.82) is 0 Å². The van der Waals surface area contributed by atoms with Crippen LogP contribution < -0.4 is 5.32 Å². The highest BCUT2D eigenvalue weighted by Crippen LogP contribution is 2.26. The van der Waals surface area contributed by atoms with Gasteiger partial charge in [-0.25, -0.2) is 0 Å². The molecule has 1 fully saturated rings. The smallest absolute Gasteiger partial charge is 0.0346 e. The van der Waals surface area contributed by atoms with Gasteiger partial charge in [0.15, 0.2) is 0 Å². The van der Waals surface area contributed by atoms with E-state index < -0.39 is 0 Å². The van der Waals surface area contributed by atoms with Crippen molar-refractivity contribution in [2.24, 2.45) is 5.92 Å². The van der Waals surface area contributed by atoms with Crippen LogP contribution in [0.1, 0.15) is 18.4 Å². The molecule has 0 radical (unpaired) electrons. The second-order valence-corrected chi connectivity index (χ2v) is 6.56. The third-order valence-corrected chi connectivity index (χ3v) is 5.04. The number of hydrogen-bond acceptors (Lipinski definition) is 3. The zero-order valence-electron chi connectivity index (χ0n) is 12.0. The van der Waals surface area contributed by atoms with Crippen LogP contribution >= 0.6 is 23.7 Å². The van der Waals surface area contributed by atoms with Gasteiger partial charge in [-0.15, -0.1) is 23.7 Å². The molecule has 20 heavy (non-hydrogen) atoms. The molecule has 3 rings (SSSR count). The first-order chi connectivity index (χ1) is 9.33. The molecule has 1 aromatic heterocycles. The number of rotatable bonds is 4. The molecule has 0 unspecified atom stereocenters. The minimum Gasteiger partial charge on any atom is -0.317 e. The van der Waals surface area contributed by atoms with E-state index in [2.05, 4.69) is 46.9 Å². The second kappa shape index (κ2) is 7.41. The van der Waals surface area contributed by atoms with E-state index in [0.717, 1.165) is 12.5 Å². The number of hydrogen-bond donors (Lipinski definition) is 1. The molecular formula is C16H23ClN2S.